The number of rotatable bonds is 33. The number of nitrogens with zero attached hydrogens (tertiary/aromatic N) is 4. The smallest absolute Gasteiger partial charge is 0.274 e. The van der Waals surface area contributed by atoms with Crippen LogP contribution >= 0.6 is 35.2 Å². The van der Waals surface area contributed by atoms with Crippen LogP contribution in [0, 0.1) is 5.41 Å². The molecule has 0 bridgehead atoms. The van der Waals surface area contributed by atoms with Gasteiger partial charge in [0, 0.05) is 37.1 Å². The van der Waals surface area contributed by atoms with Crippen LogP contribution in [0.4, 0.5) is 5.82 Å². The summed E-state index contributed by atoms with van der Waals surface area (Å²) in [6, 6.07) is 0. The standard InChI is InChI=1S/C38H66N7O17P3S/c1-4-5-6-7-8-9-10-11-12-13-14-15-16-17-18-29(47)66-22-21-40-28(46)19-20-41-36(50)33(49)38(2,3)24-59-65(56,57)62-64(54,55)58-23-27-32(61-63(51,52)53)31(48)37(60-27)45-26-44-30-34(39)42-25-43-35(30)45/h9-10,25-27,31-33,37,48-49H,4-8,11-24H2,1-3H3,(H,40,46)(H,41,50)(H,54,55)(H,56,57)(H2,39,42,43)(H2,51,52,53)/p-4/b10-9-/t27-,31-,32-,33+,37-/m1/s1. The van der Waals surface area contributed by atoms with E-state index in [9.17, 15) is 57.9 Å². The van der Waals surface area contributed by atoms with E-state index in [1.54, 1.807) is 0 Å². The third-order valence-corrected chi connectivity index (χ3v) is 14.1. The molecule has 7 atom stereocenters. The van der Waals surface area contributed by atoms with Crippen LogP contribution in [-0.2, 0) is 50.7 Å². The number of hydrogen-bond acceptors (Lipinski definition) is 22. The van der Waals surface area contributed by atoms with Crippen LogP contribution in [0.3, 0.4) is 0 Å². The minimum absolute atomic E-state index is 0.0189. The van der Waals surface area contributed by atoms with Gasteiger partial charge in [0.2, 0.25) is 11.8 Å². The Morgan fingerprint density at radius 1 is 0.924 bits per heavy atom. The van der Waals surface area contributed by atoms with Crippen molar-refractivity contribution in [2.45, 2.75) is 141 Å². The van der Waals surface area contributed by atoms with Crippen LogP contribution in [0.5, 0.6) is 0 Å². The fourth-order valence-corrected chi connectivity index (χ4v) is 9.96. The number of carbonyl (C=O) groups excluding carboxylic acids is 3. The summed E-state index contributed by atoms with van der Waals surface area (Å²) in [5, 5.41) is 26.5. The molecule has 0 saturated carbocycles. The van der Waals surface area contributed by atoms with Gasteiger partial charge in [-0.25, -0.2) is 19.3 Å². The number of imidazole rings is 1. The molecule has 0 spiro atoms. The number of phosphoric ester groups is 3. The summed E-state index contributed by atoms with van der Waals surface area (Å²) in [4.78, 5) is 96.8. The van der Waals surface area contributed by atoms with Crippen LogP contribution in [0.2, 0.25) is 0 Å². The second-order valence-corrected chi connectivity index (χ2v) is 21.4. The van der Waals surface area contributed by atoms with Gasteiger partial charge in [0.05, 0.1) is 27.4 Å². The Labute approximate surface area is 388 Å². The zero-order chi connectivity index (χ0) is 49.0. The van der Waals surface area contributed by atoms with Crippen molar-refractivity contribution in [2.24, 2.45) is 5.41 Å². The predicted octanol–water partition coefficient (Wildman–Crippen LogP) is 1.78. The molecule has 24 nitrogen and oxygen atoms in total. The van der Waals surface area contributed by atoms with Crippen molar-refractivity contribution in [3.63, 3.8) is 0 Å². The molecular formula is C38H62N7O17P3S-4. The maximum Gasteiger partial charge on any atom is 0.274 e. The van der Waals surface area contributed by atoms with Crippen molar-refractivity contribution in [3.8, 4) is 0 Å². The van der Waals surface area contributed by atoms with E-state index in [0.717, 1.165) is 67.5 Å². The average molecular weight is 1010 g/mol. The van der Waals surface area contributed by atoms with E-state index in [-0.39, 0.29) is 41.6 Å². The molecule has 376 valence electrons. The van der Waals surface area contributed by atoms with Crippen molar-refractivity contribution in [3.05, 3.63) is 24.8 Å². The highest BCUT2D eigenvalue weighted by Gasteiger charge is 2.47. The largest absolute Gasteiger partial charge is 0.790 e. The highest BCUT2D eigenvalue weighted by molar-refractivity contribution is 8.13. The number of carbonyl (C=O) groups is 3. The molecule has 1 fully saturated rings. The van der Waals surface area contributed by atoms with Crippen LogP contribution in [0.1, 0.15) is 117 Å². The maximum absolute atomic E-state index is 12.6. The van der Waals surface area contributed by atoms with Crippen molar-refractivity contribution in [1.29, 1.82) is 0 Å². The number of unbranched alkanes of at least 4 members (excludes halogenated alkanes) is 10. The molecule has 66 heavy (non-hydrogen) atoms. The summed E-state index contributed by atoms with van der Waals surface area (Å²) in [6.45, 7) is 2.38. The van der Waals surface area contributed by atoms with E-state index in [1.807, 2.05) is 0 Å². The Morgan fingerprint density at radius 2 is 1.56 bits per heavy atom. The van der Waals surface area contributed by atoms with E-state index in [0.29, 0.717) is 12.2 Å². The summed E-state index contributed by atoms with van der Waals surface area (Å²) >= 11 is 1.14. The lowest BCUT2D eigenvalue weighted by Crippen LogP contribution is -2.46. The minimum atomic E-state index is -5.92. The quantitative estimate of drug-likeness (QED) is 0.0386. The number of nitrogen functional groups attached to an aromatic ring is 1. The fraction of sp³-hybridized carbons (Fsp3) is 0.737. The lowest BCUT2D eigenvalue weighted by Gasteiger charge is -2.36. The normalized spacial score (nSPS) is 20.3. The summed E-state index contributed by atoms with van der Waals surface area (Å²) in [6.07, 6.45) is 11.3. The first kappa shape index (κ1) is 57.6. The number of nitrogens with two attached hydrogens (primary N) is 1. The third kappa shape index (κ3) is 20.9. The van der Waals surface area contributed by atoms with Crippen molar-refractivity contribution < 1.29 is 80.5 Å². The van der Waals surface area contributed by atoms with Gasteiger partial charge in [-0.3, -0.25) is 28.1 Å². The minimum Gasteiger partial charge on any atom is -0.790 e. The first-order chi connectivity index (χ1) is 31.1. The van der Waals surface area contributed by atoms with E-state index < -0.39 is 84.6 Å². The van der Waals surface area contributed by atoms with Crippen LogP contribution in [0.15, 0.2) is 24.8 Å². The van der Waals surface area contributed by atoms with E-state index in [4.69, 9.17) is 10.5 Å². The average Bonchev–Trinajstić information content (AvgIpc) is 3.80. The Kier molecular flexibility index (Phi) is 24.5. The highest BCUT2D eigenvalue weighted by Crippen LogP contribution is 2.56. The number of aliphatic hydroxyl groups is 2. The molecule has 0 aromatic carbocycles. The summed E-state index contributed by atoms with van der Waals surface area (Å²) < 4.78 is 60.8. The van der Waals surface area contributed by atoms with Gasteiger partial charge >= 0.3 is 0 Å². The molecule has 1 aliphatic rings. The summed E-state index contributed by atoms with van der Waals surface area (Å²) in [5.74, 6) is -1.14. The predicted molar refractivity (Wildman–Crippen MR) is 233 cm³/mol. The SMILES string of the molecule is CCCCCC/C=C\CCCCCCCCC(=O)SCCNC(=O)CCNC(=O)[C@H](O)C(C)(C)COP(=O)([O-])OP(=O)([O-])OC[C@H]1O[C@@H](n2cnc3c(N)ncnc32)[C@H](O)[C@@H]1OP(=O)([O-])[O-]. The molecular weight excluding hydrogens is 951 g/mol. The number of phosphoric acid groups is 3. The Hall–Kier alpha value is -2.70. The molecule has 0 aliphatic carbocycles. The lowest BCUT2D eigenvalue weighted by atomic mass is 9.87. The Balaban J connectivity index is 1.32. The first-order valence-electron chi connectivity index (χ1n) is 21.7. The van der Waals surface area contributed by atoms with E-state index in [1.165, 1.54) is 52.4 Å². The van der Waals surface area contributed by atoms with Gasteiger partial charge in [0.25, 0.3) is 15.6 Å². The van der Waals surface area contributed by atoms with E-state index in [2.05, 4.69) is 62.5 Å². The number of allylic oxidation sites excluding steroid dienone is 2. The van der Waals surface area contributed by atoms with Gasteiger partial charge in [0.15, 0.2) is 22.8 Å². The number of thioether (sulfide) groups is 1. The number of hydrogen-bond donors (Lipinski definition) is 5. The molecule has 2 amide bonds. The molecule has 2 aromatic heterocycles. The molecule has 2 aromatic rings. The second kappa shape index (κ2) is 28.1. The molecule has 3 rings (SSSR count). The van der Waals surface area contributed by atoms with Gasteiger partial charge in [-0.15, -0.1) is 0 Å². The number of fused-ring (bicyclic) bond motifs is 1. The third-order valence-electron chi connectivity index (χ3n) is 10.1. The number of ether oxygens (including phenoxy) is 1. The van der Waals surface area contributed by atoms with Crippen LogP contribution < -0.4 is 35.9 Å². The molecule has 1 aliphatic heterocycles. The highest BCUT2D eigenvalue weighted by atomic mass is 32.2. The zero-order valence-corrected chi connectivity index (χ0v) is 40.8. The Morgan fingerprint density at radius 3 is 2.23 bits per heavy atom. The van der Waals surface area contributed by atoms with Crippen molar-refractivity contribution >= 4 is 69.1 Å². The van der Waals surface area contributed by atoms with Crippen molar-refractivity contribution in [1.82, 2.24) is 30.2 Å². The number of aliphatic hydroxyl groups excluding tert-OH is 2. The van der Waals surface area contributed by atoms with Crippen LogP contribution in [-0.4, -0.2) is 103 Å². The zero-order valence-electron chi connectivity index (χ0n) is 37.3. The second-order valence-electron chi connectivity index (χ2n) is 16.2. The maximum atomic E-state index is 12.6. The molecule has 0 radical (unpaired) electrons. The number of aromatic nitrogens is 4. The molecule has 2 unspecified atom stereocenters. The topological polar surface area (TPSA) is 375 Å². The first-order valence-corrected chi connectivity index (χ1v) is 27.0. The molecule has 3 heterocycles. The number of amides is 2. The number of anilines is 1. The molecule has 1 saturated heterocycles. The van der Waals surface area contributed by atoms with Crippen LogP contribution in [0.25, 0.3) is 11.2 Å². The lowest BCUT2D eigenvalue weighted by molar-refractivity contribution is -0.347. The van der Waals surface area contributed by atoms with Gasteiger partial charge in [-0.05, 0) is 32.1 Å². The summed E-state index contributed by atoms with van der Waals surface area (Å²) in [7, 11) is -17.6. The molecule has 28 heteroatoms. The van der Waals surface area contributed by atoms with E-state index >= 15 is 0 Å². The number of nitrogens with one attached hydrogen (secondary N) is 2. The van der Waals surface area contributed by atoms with Gasteiger partial charge in [-0.1, -0.05) is 89.6 Å². The van der Waals surface area contributed by atoms with Gasteiger partial charge < -0.3 is 69.0 Å². The summed E-state index contributed by atoms with van der Waals surface area (Å²) in [5.41, 5.74) is 4.09. The Bertz CT molecular complexity index is 2030. The van der Waals surface area contributed by atoms with Gasteiger partial charge in [0.1, 0.15) is 36.3 Å². The fourth-order valence-electron chi connectivity index (χ4n) is 6.51. The van der Waals surface area contributed by atoms with Gasteiger partial charge in [-0.2, -0.15) is 0 Å². The monoisotopic (exact) mass is 1010 g/mol. The molecule has 6 N–H and O–H groups in total. The van der Waals surface area contributed by atoms with Crippen molar-refractivity contribution in [2.75, 3.05) is 37.8 Å².